The second kappa shape index (κ2) is 5.11. The van der Waals surface area contributed by atoms with E-state index in [1.54, 1.807) is 0 Å². The summed E-state index contributed by atoms with van der Waals surface area (Å²) < 4.78 is 0. The van der Waals surface area contributed by atoms with Crippen LogP contribution in [0.25, 0.3) is 0 Å². The molecule has 0 radical (unpaired) electrons. The molecule has 1 aromatic carbocycles. The lowest BCUT2D eigenvalue weighted by Gasteiger charge is -2.29. The predicted molar refractivity (Wildman–Crippen MR) is 79.6 cm³/mol. The van der Waals surface area contributed by atoms with Gasteiger partial charge in [-0.2, -0.15) is 0 Å². The number of amides is 1. The van der Waals surface area contributed by atoms with Crippen LogP contribution in [0, 0.1) is 11.8 Å². The molecule has 112 valence electrons. The summed E-state index contributed by atoms with van der Waals surface area (Å²) in [5, 5.41) is 13.4. The van der Waals surface area contributed by atoms with Crippen LogP contribution in [0.15, 0.2) is 24.3 Å². The molecule has 2 fully saturated rings. The van der Waals surface area contributed by atoms with Crippen LogP contribution in [0.1, 0.15) is 24.0 Å². The topological polar surface area (TPSA) is 52.6 Å². The van der Waals surface area contributed by atoms with Crippen LogP contribution in [0.5, 0.6) is 0 Å². The van der Waals surface area contributed by atoms with E-state index in [1.165, 1.54) is 11.1 Å². The lowest BCUT2D eigenvalue weighted by molar-refractivity contribution is -0.133. The molecule has 4 nitrogen and oxygen atoms in total. The van der Waals surface area contributed by atoms with Gasteiger partial charge in [-0.3, -0.25) is 4.79 Å². The largest absolute Gasteiger partial charge is 0.393 e. The summed E-state index contributed by atoms with van der Waals surface area (Å²) in [5.41, 5.74) is 2.59. The smallest absolute Gasteiger partial charge is 0.240 e. The molecular weight excluding hydrogens is 264 g/mol. The second-order valence-electron chi connectivity index (χ2n) is 6.72. The van der Waals surface area contributed by atoms with Crippen molar-refractivity contribution in [2.75, 3.05) is 13.1 Å². The first-order valence-electron chi connectivity index (χ1n) is 7.99. The van der Waals surface area contributed by atoms with Gasteiger partial charge in [0.15, 0.2) is 0 Å². The Hall–Kier alpha value is -1.39. The van der Waals surface area contributed by atoms with Crippen molar-refractivity contribution in [2.45, 2.75) is 38.0 Å². The van der Waals surface area contributed by atoms with Gasteiger partial charge in [0.25, 0.3) is 0 Å². The lowest BCUT2D eigenvalue weighted by atomic mass is 9.95. The molecule has 21 heavy (non-hydrogen) atoms. The number of carbonyl (C=O) groups excluding carboxylic acids is 1. The molecular formula is C17H22N2O2. The zero-order valence-corrected chi connectivity index (χ0v) is 12.2. The van der Waals surface area contributed by atoms with E-state index >= 15 is 0 Å². The summed E-state index contributed by atoms with van der Waals surface area (Å²) in [6.07, 6.45) is 2.56. The lowest BCUT2D eigenvalue weighted by Crippen LogP contribution is -2.49. The quantitative estimate of drug-likeness (QED) is 0.807. The van der Waals surface area contributed by atoms with Crippen LogP contribution < -0.4 is 5.32 Å². The average Bonchev–Trinajstić information content (AvgIpc) is 3.08. The van der Waals surface area contributed by atoms with Crippen molar-refractivity contribution < 1.29 is 9.90 Å². The molecule has 4 heteroatoms. The van der Waals surface area contributed by atoms with Gasteiger partial charge in [0.1, 0.15) is 0 Å². The Morgan fingerprint density at radius 1 is 1.19 bits per heavy atom. The molecule has 4 atom stereocenters. The van der Waals surface area contributed by atoms with E-state index in [2.05, 4.69) is 17.4 Å². The van der Waals surface area contributed by atoms with Crippen LogP contribution in [0.2, 0.25) is 0 Å². The van der Waals surface area contributed by atoms with Crippen LogP contribution >= 0.6 is 0 Å². The fourth-order valence-electron chi connectivity index (χ4n) is 4.27. The highest BCUT2D eigenvalue weighted by atomic mass is 16.3. The van der Waals surface area contributed by atoms with Crippen molar-refractivity contribution >= 4 is 5.91 Å². The third kappa shape index (κ3) is 2.27. The van der Waals surface area contributed by atoms with Crippen LogP contribution in [0.3, 0.4) is 0 Å². The minimum Gasteiger partial charge on any atom is -0.393 e. The van der Waals surface area contributed by atoms with E-state index in [0.29, 0.717) is 11.8 Å². The predicted octanol–water partition coefficient (Wildman–Crippen LogP) is 0.930. The Bertz CT molecular complexity index is 559. The summed E-state index contributed by atoms with van der Waals surface area (Å²) >= 11 is 0. The zero-order valence-electron chi connectivity index (χ0n) is 12.2. The summed E-state index contributed by atoms with van der Waals surface area (Å²) in [6.45, 7) is 2.35. The standard InChI is InChI=1S/C17H22N2O2/c20-16-6-5-13-9-19(10-14(13)16)17(21)15-7-11-3-1-2-4-12(11)8-18-15/h1-4,13-16,18,20H,5-10H2. The number of fused-ring (bicyclic) bond motifs is 2. The van der Waals surface area contributed by atoms with Crippen molar-refractivity contribution in [3.8, 4) is 0 Å². The molecule has 1 saturated carbocycles. The Balaban J connectivity index is 1.45. The fourth-order valence-corrected chi connectivity index (χ4v) is 4.27. The molecule has 0 spiro atoms. The molecule has 4 unspecified atom stereocenters. The summed E-state index contributed by atoms with van der Waals surface area (Å²) in [4.78, 5) is 14.7. The number of likely N-dealkylation sites (tertiary alicyclic amines) is 1. The number of aliphatic hydroxyl groups excluding tert-OH is 1. The third-order valence-electron chi connectivity index (χ3n) is 5.51. The number of hydrogen-bond acceptors (Lipinski definition) is 3. The molecule has 1 amide bonds. The zero-order chi connectivity index (χ0) is 14.4. The van der Waals surface area contributed by atoms with Crippen molar-refractivity contribution in [2.24, 2.45) is 11.8 Å². The fraction of sp³-hybridized carbons (Fsp3) is 0.588. The molecule has 4 rings (SSSR count). The molecule has 1 aliphatic carbocycles. The Morgan fingerprint density at radius 3 is 2.81 bits per heavy atom. The maximum absolute atomic E-state index is 12.7. The highest BCUT2D eigenvalue weighted by Gasteiger charge is 2.44. The van der Waals surface area contributed by atoms with E-state index < -0.39 is 0 Å². The molecule has 1 aromatic rings. The number of rotatable bonds is 1. The van der Waals surface area contributed by atoms with Gasteiger partial charge >= 0.3 is 0 Å². The summed E-state index contributed by atoms with van der Waals surface area (Å²) in [5.74, 6) is 1.04. The average molecular weight is 286 g/mol. The van der Waals surface area contributed by atoms with Crippen LogP contribution in [-0.4, -0.2) is 41.1 Å². The van der Waals surface area contributed by atoms with Gasteiger partial charge in [-0.1, -0.05) is 24.3 Å². The van der Waals surface area contributed by atoms with Crippen LogP contribution in [-0.2, 0) is 17.8 Å². The molecule has 0 aromatic heterocycles. The third-order valence-corrected chi connectivity index (χ3v) is 5.51. The van der Waals surface area contributed by atoms with Crippen molar-refractivity contribution in [3.63, 3.8) is 0 Å². The highest BCUT2D eigenvalue weighted by Crippen LogP contribution is 2.38. The van der Waals surface area contributed by atoms with E-state index in [-0.39, 0.29) is 18.1 Å². The molecule has 1 saturated heterocycles. The first-order valence-corrected chi connectivity index (χ1v) is 7.99. The Kier molecular flexibility index (Phi) is 3.23. The van der Waals surface area contributed by atoms with Gasteiger partial charge in [-0.25, -0.2) is 0 Å². The number of carbonyl (C=O) groups is 1. The monoisotopic (exact) mass is 286 g/mol. The van der Waals surface area contributed by atoms with E-state index in [4.69, 9.17) is 0 Å². The van der Waals surface area contributed by atoms with E-state index in [1.807, 2.05) is 17.0 Å². The van der Waals surface area contributed by atoms with Gasteiger partial charge in [0.2, 0.25) is 5.91 Å². The van der Waals surface area contributed by atoms with Crippen molar-refractivity contribution in [1.29, 1.82) is 0 Å². The molecule has 2 aliphatic heterocycles. The second-order valence-corrected chi connectivity index (χ2v) is 6.72. The first kappa shape index (κ1) is 13.3. The van der Waals surface area contributed by atoms with Gasteiger partial charge < -0.3 is 15.3 Å². The number of aliphatic hydroxyl groups is 1. The Morgan fingerprint density at radius 2 is 2.00 bits per heavy atom. The maximum Gasteiger partial charge on any atom is 0.240 e. The number of benzene rings is 1. The molecule has 3 aliphatic rings. The highest BCUT2D eigenvalue weighted by molar-refractivity contribution is 5.83. The summed E-state index contributed by atoms with van der Waals surface area (Å²) in [7, 11) is 0. The normalized spacial score (nSPS) is 34.6. The minimum absolute atomic E-state index is 0.101. The summed E-state index contributed by atoms with van der Waals surface area (Å²) in [6, 6.07) is 8.24. The number of hydrogen-bond donors (Lipinski definition) is 2. The maximum atomic E-state index is 12.7. The molecule has 2 N–H and O–H groups in total. The Labute approximate surface area is 125 Å². The van der Waals surface area contributed by atoms with Gasteiger partial charge in [-0.15, -0.1) is 0 Å². The van der Waals surface area contributed by atoms with Gasteiger partial charge in [0.05, 0.1) is 12.1 Å². The van der Waals surface area contributed by atoms with Crippen molar-refractivity contribution in [1.82, 2.24) is 10.2 Å². The van der Waals surface area contributed by atoms with Gasteiger partial charge in [-0.05, 0) is 36.3 Å². The first-order chi connectivity index (χ1) is 10.2. The van der Waals surface area contributed by atoms with Crippen LogP contribution in [0.4, 0.5) is 0 Å². The van der Waals surface area contributed by atoms with E-state index in [9.17, 15) is 9.90 Å². The minimum atomic E-state index is -0.201. The number of nitrogens with zero attached hydrogens (tertiary/aromatic N) is 1. The van der Waals surface area contributed by atoms with E-state index in [0.717, 1.165) is 38.9 Å². The molecule has 2 heterocycles. The van der Waals surface area contributed by atoms with Gasteiger partial charge in [0, 0.05) is 25.6 Å². The molecule has 0 bridgehead atoms. The van der Waals surface area contributed by atoms with Crippen molar-refractivity contribution in [3.05, 3.63) is 35.4 Å². The SMILES string of the molecule is O=C(C1Cc2ccccc2CN1)N1CC2CCC(O)C2C1. The number of nitrogens with one attached hydrogen (secondary N) is 1.